The summed E-state index contributed by atoms with van der Waals surface area (Å²) < 4.78 is 68.3. The van der Waals surface area contributed by atoms with Gasteiger partial charge in [0.2, 0.25) is 0 Å². The van der Waals surface area contributed by atoms with E-state index in [4.69, 9.17) is 23.2 Å². The lowest BCUT2D eigenvalue weighted by atomic mass is 10.0. The van der Waals surface area contributed by atoms with Crippen LogP contribution in [0, 0.1) is 0 Å². The van der Waals surface area contributed by atoms with Gasteiger partial charge < -0.3 is 10.3 Å². The minimum Gasteiger partial charge on any atom is -0.387 e. The Kier molecular flexibility index (Phi) is 8.23. The van der Waals surface area contributed by atoms with Crippen molar-refractivity contribution in [3.05, 3.63) is 84.6 Å². The summed E-state index contributed by atoms with van der Waals surface area (Å²) in [6.07, 6.45) is -2.62. The highest BCUT2D eigenvalue weighted by Crippen LogP contribution is 2.39. The van der Waals surface area contributed by atoms with E-state index in [1.54, 1.807) is 4.90 Å². The van der Waals surface area contributed by atoms with Gasteiger partial charge in [0.1, 0.15) is 0 Å². The maximum absolute atomic E-state index is 14.2. The van der Waals surface area contributed by atoms with Crippen LogP contribution in [0.3, 0.4) is 0 Å². The molecule has 1 aliphatic rings. The Morgan fingerprint density at radius 3 is 2.56 bits per heavy atom. The molecule has 1 saturated heterocycles. The summed E-state index contributed by atoms with van der Waals surface area (Å²) in [5, 5.41) is 2.37. The summed E-state index contributed by atoms with van der Waals surface area (Å²) in [6.45, 7) is 5.32. The summed E-state index contributed by atoms with van der Waals surface area (Å²) in [5.41, 5.74) is -3.53. The van der Waals surface area contributed by atoms with E-state index >= 15 is 0 Å². The molecule has 2 heterocycles. The third kappa shape index (κ3) is 5.88. The van der Waals surface area contributed by atoms with Gasteiger partial charge in [0.05, 0.1) is 38.7 Å². The molecule has 14 heteroatoms. The van der Waals surface area contributed by atoms with Gasteiger partial charge in [-0.15, -0.1) is 0 Å². The number of alkyl halides is 3. The highest BCUT2D eigenvalue weighted by molar-refractivity contribution is 7.91. The Morgan fingerprint density at radius 1 is 1.21 bits per heavy atom. The molecule has 0 bridgehead atoms. The number of likely N-dealkylation sites (tertiary alicyclic amines) is 1. The molecule has 39 heavy (non-hydrogen) atoms. The third-order valence-electron chi connectivity index (χ3n) is 6.70. The van der Waals surface area contributed by atoms with E-state index < -0.39 is 44.8 Å². The van der Waals surface area contributed by atoms with Crippen LogP contribution in [0.1, 0.15) is 30.0 Å². The number of nitrogens with zero attached hydrogens (tertiary/aromatic N) is 2. The van der Waals surface area contributed by atoms with Crippen LogP contribution >= 0.6 is 23.2 Å². The molecule has 0 aliphatic carbocycles. The number of fused-ring (bicyclic) bond motifs is 1. The van der Waals surface area contributed by atoms with E-state index in [2.05, 4.69) is 16.9 Å². The zero-order valence-corrected chi connectivity index (χ0v) is 23.1. The Bertz CT molecular complexity index is 1670. The SMILES string of the molecule is C=CN[C@@H]1CCN(Cc2c(C(F)(F)F)cc3c(=O)n(Cc4cc(Cl)ccc4S(=O)(=O)CC)c(=O)[nH]c3c2Cl)C1. The molecule has 0 radical (unpaired) electrons. The molecule has 3 aromatic rings. The number of halogens is 5. The summed E-state index contributed by atoms with van der Waals surface area (Å²) >= 11 is 12.5. The molecule has 0 unspecified atom stereocenters. The van der Waals surface area contributed by atoms with E-state index in [-0.39, 0.29) is 49.9 Å². The number of H-pyrrole nitrogens is 1. The van der Waals surface area contributed by atoms with Gasteiger partial charge in [-0.2, -0.15) is 13.2 Å². The van der Waals surface area contributed by atoms with Crippen LogP contribution in [-0.4, -0.2) is 47.8 Å². The van der Waals surface area contributed by atoms with E-state index in [1.807, 2.05) is 0 Å². The van der Waals surface area contributed by atoms with Crippen LogP contribution in [0.15, 0.2) is 51.5 Å². The predicted octanol–water partition coefficient (Wildman–Crippen LogP) is 4.16. The predicted molar refractivity (Wildman–Crippen MR) is 144 cm³/mol. The fraction of sp³-hybridized carbons (Fsp3) is 0.360. The van der Waals surface area contributed by atoms with Crippen LogP contribution < -0.4 is 16.6 Å². The second-order valence-corrected chi connectivity index (χ2v) is 12.3. The van der Waals surface area contributed by atoms with Gasteiger partial charge in [0.25, 0.3) is 5.56 Å². The normalized spacial score (nSPS) is 16.6. The molecular formula is C25H25Cl2F3N4O4S. The summed E-state index contributed by atoms with van der Waals surface area (Å²) in [7, 11) is -3.76. The maximum Gasteiger partial charge on any atom is 0.416 e. The Balaban J connectivity index is 1.86. The Hall–Kier alpha value is -2.80. The van der Waals surface area contributed by atoms with Crippen molar-refractivity contribution in [1.82, 2.24) is 19.8 Å². The lowest BCUT2D eigenvalue weighted by Gasteiger charge is -2.22. The quantitative estimate of drug-likeness (QED) is 0.400. The van der Waals surface area contributed by atoms with Crippen molar-refractivity contribution >= 4 is 43.9 Å². The summed E-state index contributed by atoms with van der Waals surface area (Å²) in [4.78, 5) is 30.5. The van der Waals surface area contributed by atoms with Crippen molar-refractivity contribution in [1.29, 1.82) is 0 Å². The van der Waals surface area contributed by atoms with Crippen molar-refractivity contribution in [2.75, 3.05) is 18.8 Å². The fourth-order valence-electron chi connectivity index (χ4n) is 4.75. The summed E-state index contributed by atoms with van der Waals surface area (Å²) in [6, 6.07) is 4.61. The van der Waals surface area contributed by atoms with Crippen LogP contribution in [0.4, 0.5) is 13.2 Å². The lowest BCUT2D eigenvalue weighted by Crippen LogP contribution is -2.36. The second-order valence-electron chi connectivity index (χ2n) is 9.21. The number of sulfone groups is 1. The molecule has 1 atom stereocenters. The van der Waals surface area contributed by atoms with E-state index in [0.29, 0.717) is 30.1 Å². The number of hydrogen-bond acceptors (Lipinski definition) is 6. The van der Waals surface area contributed by atoms with Crippen molar-refractivity contribution in [3.63, 3.8) is 0 Å². The molecule has 1 aromatic heterocycles. The van der Waals surface area contributed by atoms with E-state index in [0.717, 1.165) is 0 Å². The van der Waals surface area contributed by atoms with Gasteiger partial charge in [0, 0.05) is 30.7 Å². The minimum atomic E-state index is -4.84. The first-order valence-electron chi connectivity index (χ1n) is 11.9. The number of hydrogen-bond donors (Lipinski definition) is 2. The molecule has 210 valence electrons. The average Bonchev–Trinajstić information content (AvgIpc) is 3.30. The van der Waals surface area contributed by atoms with Gasteiger partial charge in [-0.05, 0) is 48.0 Å². The second kappa shape index (κ2) is 11.0. The van der Waals surface area contributed by atoms with Gasteiger partial charge in [0.15, 0.2) is 9.84 Å². The Morgan fingerprint density at radius 2 is 1.92 bits per heavy atom. The molecule has 2 aromatic carbocycles. The van der Waals surface area contributed by atoms with Gasteiger partial charge in [-0.3, -0.25) is 14.3 Å². The molecule has 0 saturated carbocycles. The molecule has 4 rings (SSSR count). The summed E-state index contributed by atoms with van der Waals surface area (Å²) in [5.74, 6) is -0.251. The monoisotopic (exact) mass is 604 g/mol. The standard InChI is InChI=1S/C25H25Cl2F3N4O4S/c1-3-31-16-7-8-33(12-16)13-18-19(25(28,29)30)10-17-22(21(18)27)32-24(36)34(23(17)35)11-14-9-15(26)5-6-20(14)39(37,38)4-2/h3,5-6,9-10,16,31H,1,4,7-8,11-13H2,2H3,(H,32,36)/t16-/m1/s1. The van der Waals surface area contributed by atoms with Gasteiger partial charge in [-0.1, -0.05) is 36.7 Å². The number of aromatic amines is 1. The zero-order valence-electron chi connectivity index (χ0n) is 20.7. The molecule has 8 nitrogen and oxygen atoms in total. The topological polar surface area (TPSA) is 104 Å². The van der Waals surface area contributed by atoms with Crippen molar-refractivity contribution in [3.8, 4) is 0 Å². The fourth-order valence-corrected chi connectivity index (χ4v) is 6.36. The van der Waals surface area contributed by atoms with Crippen molar-refractivity contribution in [2.45, 2.75) is 43.5 Å². The molecule has 0 amide bonds. The first-order valence-corrected chi connectivity index (χ1v) is 14.3. The number of rotatable bonds is 8. The number of nitrogens with one attached hydrogen (secondary N) is 2. The zero-order chi connectivity index (χ0) is 28.7. The third-order valence-corrected chi connectivity index (χ3v) is 9.18. The molecule has 2 N–H and O–H groups in total. The number of aromatic nitrogens is 2. The lowest BCUT2D eigenvalue weighted by molar-refractivity contribution is -0.138. The highest BCUT2D eigenvalue weighted by Gasteiger charge is 2.37. The largest absolute Gasteiger partial charge is 0.416 e. The minimum absolute atomic E-state index is 0.0241. The van der Waals surface area contributed by atoms with E-state index in [9.17, 15) is 31.2 Å². The average molecular weight is 605 g/mol. The van der Waals surface area contributed by atoms with Gasteiger partial charge >= 0.3 is 11.9 Å². The highest BCUT2D eigenvalue weighted by atomic mass is 35.5. The first-order chi connectivity index (χ1) is 18.3. The van der Waals surface area contributed by atoms with Crippen LogP contribution in [-0.2, 0) is 29.1 Å². The molecule has 1 fully saturated rings. The first kappa shape index (κ1) is 29.2. The maximum atomic E-state index is 14.2. The van der Waals surface area contributed by atoms with Crippen LogP contribution in [0.2, 0.25) is 10.0 Å². The molecular weight excluding hydrogens is 580 g/mol. The van der Waals surface area contributed by atoms with Crippen LogP contribution in [0.25, 0.3) is 10.9 Å². The molecule has 0 spiro atoms. The van der Waals surface area contributed by atoms with Crippen molar-refractivity contribution < 1.29 is 21.6 Å². The van der Waals surface area contributed by atoms with Crippen molar-refractivity contribution in [2.24, 2.45) is 0 Å². The smallest absolute Gasteiger partial charge is 0.387 e. The molecule has 1 aliphatic heterocycles. The van der Waals surface area contributed by atoms with Gasteiger partial charge in [-0.25, -0.2) is 13.2 Å². The number of benzene rings is 2. The van der Waals surface area contributed by atoms with E-state index in [1.165, 1.54) is 31.3 Å². The Labute approximate surface area is 231 Å². The van der Waals surface area contributed by atoms with Crippen LogP contribution in [0.5, 0.6) is 0 Å².